The van der Waals surface area contributed by atoms with Crippen molar-refractivity contribution in [2.24, 2.45) is 0 Å². The van der Waals surface area contributed by atoms with Crippen LogP contribution in [-0.4, -0.2) is 44.5 Å². The monoisotopic (exact) mass is 449 g/mol. The number of halogens is 1. The number of sulfonamides is 1. The van der Waals surface area contributed by atoms with Crippen molar-refractivity contribution in [2.45, 2.75) is 25.9 Å². The fourth-order valence-electron chi connectivity index (χ4n) is 3.35. The number of carbonyl (C=O) groups excluding carboxylic acids is 2. The average Bonchev–Trinajstić information content (AvgIpc) is 3.09. The number of likely N-dealkylation sites (tertiary alicyclic amines) is 1. The summed E-state index contributed by atoms with van der Waals surface area (Å²) in [6, 6.07) is 14.1. The topological polar surface area (TPSA) is 86.8 Å². The van der Waals surface area contributed by atoms with Crippen LogP contribution in [0.4, 0.5) is 5.69 Å². The molecule has 9 heteroatoms. The van der Waals surface area contributed by atoms with E-state index in [2.05, 4.69) is 5.32 Å². The van der Waals surface area contributed by atoms with Gasteiger partial charge in [-0.15, -0.1) is 0 Å². The van der Waals surface area contributed by atoms with E-state index in [0.29, 0.717) is 13.0 Å². The van der Waals surface area contributed by atoms with Crippen LogP contribution < -0.4 is 9.62 Å². The number of nitrogens with zero attached hydrogens (tertiary/aromatic N) is 2. The number of para-hydroxylation sites is 1. The van der Waals surface area contributed by atoms with E-state index in [4.69, 9.17) is 11.6 Å². The highest BCUT2D eigenvalue weighted by molar-refractivity contribution is 7.92. The van der Waals surface area contributed by atoms with Crippen LogP contribution >= 0.6 is 11.6 Å². The molecule has 0 aromatic heterocycles. The van der Waals surface area contributed by atoms with E-state index in [1.54, 1.807) is 24.3 Å². The number of amides is 2. The molecule has 1 aliphatic rings. The molecule has 1 aliphatic heterocycles. The Morgan fingerprint density at radius 3 is 2.57 bits per heavy atom. The lowest BCUT2D eigenvalue weighted by Crippen LogP contribution is -2.40. The van der Waals surface area contributed by atoms with Crippen LogP contribution in [0.15, 0.2) is 48.5 Å². The van der Waals surface area contributed by atoms with E-state index in [9.17, 15) is 18.0 Å². The molecule has 2 amide bonds. The van der Waals surface area contributed by atoms with Crippen LogP contribution in [0.25, 0.3) is 0 Å². The van der Waals surface area contributed by atoms with E-state index in [1.807, 2.05) is 29.2 Å². The lowest BCUT2D eigenvalue weighted by atomic mass is 10.1. The van der Waals surface area contributed by atoms with Gasteiger partial charge in [0, 0.05) is 26.1 Å². The first-order valence-electron chi connectivity index (χ1n) is 9.58. The quantitative estimate of drug-likeness (QED) is 0.671. The minimum atomic E-state index is -3.69. The van der Waals surface area contributed by atoms with Gasteiger partial charge in [0.05, 0.1) is 17.0 Å². The van der Waals surface area contributed by atoms with Gasteiger partial charge >= 0.3 is 0 Å². The summed E-state index contributed by atoms with van der Waals surface area (Å²) in [6.07, 6.45) is 2.52. The standard InChI is InChI=1S/C21H24ClN3O4S/c1-30(28,29)25(19-9-3-2-8-18(19)22)15-20(26)23-13-16-6-4-7-17(12-16)14-24-11-5-10-21(24)27/h2-4,6-9,12H,5,10-11,13-15H2,1H3,(H,23,26). The number of anilines is 1. The van der Waals surface area contributed by atoms with Crippen molar-refractivity contribution in [3.63, 3.8) is 0 Å². The van der Waals surface area contributed by atoms with Crippen LogP contribution in [-0.2, 0) is 32.7 Å². The third-order valence-corrected chi connectivity index (χ3v) is 6.28. The van der Waals surface area contributed by atoms with Gasteiger partial charge in [0.15, 0.2) is 0 Å². The van der Waals surface area contributed by atoms with Crippen molar-refractivity contribution in [3.8, 4) is 0 Å². The predicted octanol–water partition coefficient (Wildman–Crippen LogP) is 2.54. The maximum atomic E-state index is 12.5. The van der Waals surface area contributed by atoms with Crippen molar-refractivity contribution in [2.75, 3.05) is 23.7 Å². The zero-order valence-corrected chi connectivity index (χ0v) is 18.2. The van der Waals surface area contributed by atoms with Gasteiger partial charge in [-0.1, -0.05) is 48.0 Å². The number of benzene rings is 2. The minimum Gasteiger partial charge on any atom is -0.350 e. The summed E-state index contributed by atoms with van der Waals surface area (Å²) in [4.78, 5) is 26.1. The SMILES string of the molecule is CS(=O)(=O)N(CC(=O)NCc1cccc(CN2CCCC2=O)c1)c1ccccc1Cl. The Bertz CT molecular complexity index is 1040. The molecule has 1 N–H and O–H groups in total. The molecule has 1 saturated heterocycles. The van der Waals surface area contributed by atoms with Crippen LogP contribution in [0.2, 0.25) is 5.02 Å². The number of rotatable bonds is 8. The number of hydrogen-bond donors (Lipinski definition) is 1. The van der Waals surface area contributed by atoms with Gasteiger partial charge in [0.25, 0.3) is 0 Å². The molecule has 7 nitrogen and oxygen atoms in total. The molecule has 0 aliphatic carbocycles. The second-order valence-electron chi connectivity index (χ2n) is 7.24. The molecule has 0 bridgehead atoms. The molecule has 2 aromatic carbocycles. The van der Waals surface area contributed by atoms with Gasteiger partial charge in [0.1, 0.15) is 6.54 Å². The molecule has 0 saturated carbocycles. The van der Waals surface area contributed by atoms with Gasteiger partial charge in [-0.3, -0.25) is 13.9 Å². The lowest BCUT2D eigenvalue weighted by molar-refractivity contribution is -0.128. The molecule has 2 aromatic rings. The summed E-state index contributed by atoms with van der Waals surface area (Å²) >= 11 is 6.11. The first kappa shape index (κ1) is 22.1. The molecule has 1 fully saturated rings. The van der Waals surface area contributed by atoms with Crippen molar-refractivity contribution in [1.29, 1.82) is 0 Å². The van der Waals surface area contributed by atoms with E-state index in [1.165, 1.54) is 0 Å². The summed E-state index contributed by atoms with van der Waals surface area (Å²) in [5, 5.41) is 3.00. The fourth-order valence-corrected chi connectivity index (χ4v) is 4.51. The molecule has 160 valence electrons. The van der Waals surface area contributed by atoms with E-state index in [-0.39, 0.29) is 29.7 Å². The molecular formula is C21H24ClN3O4S. The summed E-state index contributed by atoms with van der Waals surface area (Å²) < 4.78 is 25.4. The number of hydrogen-bond acceptors (Lipinski definition) is 4. The Balaban J connectivity index is 1.62. The molecular weight excluding hydrogens is 426 g/mol. The Kier molecular flexibility index (Phi) is 6.99. The Morgan fingerprint density at radius 1 is 1.17 bits per heavy atom. The smallest absolute Gasteiger partial charge is 0.241 e. The van der Waals surface area contributed by atoms with Crippen molar-refractivity contribution < 1.29 is 18.0 Å². The largest absolute Gasteiger partial charge is 0.350 e. The van der Waals surface area contributed by atoms with Crippen molar-refractivity contribution in [1.82, 2.24) is 10.2 Å². The summed E-state index contributed by atoms with van der Waals surface area (Å²) in [6.45, 7) is 1.20. The number of carbonyl (C=O) groups is 2. The van der Waals surface area contributed by atoms with Crippen LogP contribution in [0, 0.1) is 0 Å². The molecule has 3 rings (SSSR count). The van der Waals surface area contributed by atoms with Crippen molar-refractivity contribution in [3.05, 3.63) is 64.7 Å². The van der Waals surface area contributed by atoms with Gasteiger partial charge in [-0.05, 0) is 29.7 Å². The summed E-state index contributed by atoms with van der Waals surface area (Å²) in [5.41, 5.74) is 2.12. The molecule has 0 atom stereocenters. The summed E-state index contributed by atoms with van der Waals surface area (Å²) in [7, 11) is -3.69. The zero-order chi connectivity index (χ0) is 21.7. The Morgan fingerprint density at radius 2 is 1.90 bits per heavy atom. The highest BCUT2D eigenvalue weighted by Gasteiger charge is 2.23. The van der Waals surface area contributed by atoms with Crippen molar-refractivity contribution >= 4 is 39.1 Å². The minimum absolute atomic E-state index is 0.161. The van der Waals surface area contributed by atoms with E-state index in [0.717, 1.165) is 34.7 Å². The fraction of sp³-hybridized carbons (Fsp3) is 0.333. The molecule has 1 heterocycles. The molecule has 30 heavy (non-hydrogen) atoms. The van der Waals surface area contributed by atoms with Crippen LogP contribution in [0.1, 0.15) is 24.0 Å². The normalized spacial score (nSPS) is 14.1. The number of nitrogens with one attached hydrogen (secondary N) is 1. The maximum absolute atomic E-state index is 12.5. The van der Waals surface area contributed by atoms with E-state index >= 15 is 0 Å². The lowest BCUT2D eigenvalue weighted by Gasteiger charge is -2.23. The van der Waals surface area contributed by atoms with Crippen LogP contribution in [0.3, 0.4) is 0 Å². The summed E-state index contributed by atoms with van der Waals surface area (Å²) in [5.74, 6) is -0.283. The highest BCUT2D eigenvalue weighted by Crippen LogP contribution is 2.26. The third kappa shape index (κ3) is 5.73. The average molecular weight is 450 g/mol. The maximum Gasteiger partial charge on any atom is 0.241 e. The second kappa shape index (κ2) is 9.49. The second-order valence-corrected chi connectivity index (χ2v) is 9.55. The van der Waals surface area contributed by atoms with E-state index < -0.39 is 15.9 Å². The van der Waals surface area contributed by atoms with Gasteiger partial charge in [-0.25, -0.2) is 8.42 Å². The first-order valence-corrected chi connectivity index (χ1v) is 11.8. The van der Waals surface area contributed by atoms with Gasteiger partial charge in [0.2, 0.25) is 21.8 Å². The highest BCUT2D eigenvalue weighted by atomic mass is 35.5. The van der Waals surface area contributed by atoms with Gasteiger partial charge in [-0.2, -0.15) is 0 Å². The first-order chi connectivity index (χ1) is 14.2. The molecule has 0 unspecified atom stereocenters. The van der Waals surface area contributed by atoms with Crippen LogP contribution in [0.5, 0.6) is 0 Å². The Labute approximate surface area is 181 Å². The molecule has 0 spiro atoms. The third-order valence-electron chi connectivity index (χ3n) is 4.83. The predicted molar refractivity (Wildman–Crippen MR) is 117 cm³/mol. The van der Waals surface area contributed by atoms with Gasteiger partial charge < -0.3 is 10.2 Å². The Hall–Kier alpha value is -2.58. The molecule has 0 radical (unpaired) electrons. The zero-order valence-electron chi connectivity index (χ0n) is 16.7.